The first-order valence-electron chi connectivity index (χ1n) is 8.06. The predicted molar refractivity (Wildman–Crippen MR) is 94.2 cm³/mol. The molecule has 0 aliphatic rings. The van der Waals surface area contributed by atoms with Gasteiger partial charge in [-0.1, -0.05) is 25.1 Å². The number of rotatable bonds is 7. The summed E-state index contributed by atoms with van der Waals surface area (Å²) in [5, 5.41) is 0. The Labute approximate surface area is 150 Å². The van der Waals surface area contributed by atoms with Crippen molar-refractivity contribution in [2.45, 2.75) is 26.1 Å². The van der Waals surface area contributed by atoms with Gasteiger partial charge < -0.3 is 15.2 Å². The third kappa shape index (κ3) is 5.23. The first-order valence-corrected chi connectivity index (χ1v) is 8.06. The first-order chi connectivity index (χ1) is 12.3. The molecule has 0 aliphatic carbocycles. The number of hydrogen-bond acceptors (Lipinski definition) is 3. The van der Waals surface area contributed by atoms with Crippen LogP contribution in [0.2, 0.25) is 0 Å². The minimum atomic E-state index is -4.35. The second-order valence-corrected chi connectivity index (χ2v) is 5.63. The van der Waals surface area contributed by atoms with Crippen LogP contribution in [0.3, 0.4) is 0 Å². The normalized spacial score (nSPS) is 12.3. The van der Waals surface area contributed by atoms with Crippen molar-refractivity contribution in [1.29, 1.82) is 0 Å². The van der Waals surface area contributed by atoms with Crippen LogP contribution in [0.25, 0.3) is 0 Å². The van der Waals surface area contributed by atoms with E-state index in [4.69, 9.17) is 15.2 Å². The van der Waals surface area contributed by atoms with Crippen molar-refractivity contribution >= 4 is 5.84 Å². The van der Waals surface area contributed by atoms with E-state index in [-0.39, 0.29) is 19.2 Å². The number of nitrogens with zero attached hydrogens (tertiary/aromatic N) is 1. The van der Waals surface area contributed by atoms with Gasteiger partial charge in [0, 0.05) is 7.11 Å². The number of nitrogens with two attached hydrogens (primary N) is 1. The van der Waals surface area contributed by atoms with E-state index in [9.17, 15) is 13.2 Å². The fourth-order valence-corrected chi connectivity index (χ4v) is 2.31. The number of amidine groups is 1. The largest absolute Gasteiger partial charge is 0.467 e. The number of halogens is 3. The molecular formula is C19H21F3N2O2. The van der Waals surface area contributed by atoms with Crippen molar-refractivity contribution in [3.63, 3.8) is 0 Å². The van der Waals surface area contributed by atoms with Gasteiger partial charge in [-0.15, -0.1) is 0 Å². The molecule has 140 valence electrons. The number of methoxy groups -OCH3 is 1. The van der Waals surface area contributed by atoms with E-state index < -0.39 is 11.7 Å². The van der Waals surface area contributed by atoms with E-state index >= 15 is 0 Å². The molecule has 2 rings (SSSR count). The summed E-state index contributed by atoms with van der Waals surface area (Å²) in [6.45, 7) is 2.26. The molecule has 0 amide bonds. The summed E-state index contributed by atoms with van der Waals surface area (Å²) in [7, 11) is 1.52. The van der Waals surface area contributed by atoms with Gasteiger partial charge in [-0.05, 0) is 41.8 Å². The van der Waals surface area contributed by atoms with Crippen LogP contribution < -0.4 is 10.5 Å². The quantitative estimate of drug-likeness (QED) is 0.455. The molecule has 0 fully saturated rings. The third-order valence-corrected chi connectivity index (χ3v) is 3.77. The number of benzene rings is 2. The van der Waals surface area contributed by atoms with Gasteiger partial charge in [-0.25, -0.2) is 0 Å². The van der Waals surface area contributed by atoms with Crippen LogP contribution in [-0.4, -0.2) is 19.7 Å². The Morgan fingerprint density at radius 3 is 2.31 bits per heavy atom. The molecule has 0 heterocycles. The fourth-order valence-electron chi connectivity index (χ4n) is 2.31. The molecule has 2 N–H and O–H groups in total. The molecule has 0 aliphatic heterocycles. The van der Waals surface area contributed by atoms with Gasteiger partial charge in [0.05, 0.1) is 17.7 Å². The van der Waals surface area contributed by atoms with Crippen LogP contribution in [0.4, 0.5) is 13.2 Å². The van der Waals surface area contributed by atoms with E-state index in [2.05, 4.69) is 4.99 Å². The maximum atomic E-state index is 12.6. The topological polar surface area (TPSA) is 56.8 Å². The average molecular weight is 366 g/mol. The zero-order valence-corrected chi connectivity index (χ0v) is 14.6. The van der Waals surface area contributed by atoms with Gasteiger partial charge in [0.1, 0.15) is 11.6 Å². The standard InChI is InChI=1S/C19H21F3N2O2/c1-3-13-6-9-17(26-12-25-2)16(10-13)18(23)24-11-14-4-7-15(8-5-14)19(20,21)22/h4-10H,3,11-12H2,1-2H3,(H2,23,24). The second-order valence-electron chi connectivity index (χ2n) is 5.63. The van der Waals surface area contributed by atoms with Crippen LogP contribution in [0, 0.1) is 0 Å². The summed E-state index contributed by atoms with van der Waals surface area (Å²) >= 11 is 0. The predicted octanol–water partition coefficient (Wildman–Crippen LogP) is 4.16. The Kier molecular flexibility index (Phi) is 6.63. The first kappa shape index (κ1) is 19.8. The number of ether oxygens (including phenoxy) is 2. The van der Waals surface area contributed by atoms with Gasteiger partial charge in [0.15, 0.2) is 6.79 Å². The molecule has 4 nitrogen and oxygen atoms in total. The average Bonchev–Trinajstić information content (AvgIpc) is 2.64. The van der Waals surface area contributed by atoms with Crippen LogP contribution in [-0.2, 0) is 23.9 Å². The van der Waals surface area contributed by atoms with Gasteiger partial charge >= 0.3 is 6.18 Å². The molecule has 0 aromatic heterocycles. The number of alkyl halides is 3. The lowest BCUT2D eigenvalue weighted by Crippen LogP contribution is -2.16. The highest BCUT2D eigenvalue weighted by molar-refractivity contribution is 6.00. The SMILES string of the molecule is CCc1ccc(OCOC)c(C(N)=NCc2ccc(C(F)(F)F)cc2)c1. The van der Waals surface area contributed by atoms with E-state index in [1.807, 2.05) is 19.1 Å². The van der Waals surface area contributed by atoms with Crippen molar-refractivity contribution in [2.75, 3.05) is 13.9 Å². The van der Waals surface area contributed by atoms with Crippen LogP contribution >= 0.6 is 0 Å². The lowest BCUT2D eigenvalue weighted by Gasteiger charge is -2.12. The maximum absolute atomic E-state index is 12.6. The molecule has 0 saturated carbocycles. The molecule has 0 spiro atoms. The Morgan fingerprint density at radius 2 is 1.73 bits per heavy atom. The van der Waals surface area contributed by atoms with Crippen molar-refractivity contribution < 1.29 is 22.6 Å². The molecule has 2 aromatic rings. The Balaban J connectivity index is 2.20. The Hall–Kier alpha value is -2.54. The summed E-state index contributed by atoms with van der Waals surface area (Å²) < 4.78 is 48.2. The summed E-state index contributed by atoms with van der Waals surface area (Å²) in [5.41, 5.74) is 7.73. The summed E-state index contributed by atoms with van der Waals surface area (Å²) in [4.78, 5) is 4.29. The molecule has 0 bridgehead atoms. The van der Waals surface area contributed by atoms with Crippen molar-refractivity contribution in [3.05, 3.63) is 64.7 Å². The fraction of sp³-hybridized carbons (Fsp3) is 0.316. The van der Waals surface area contributed by atoms with Crippen molar-refractivity contribution in [1.82, 2.24) is 0 Å². The van der Waals surface area contributed by atoms with E-state index in [0.29, 0.717) is 16.9 Å². The molecule has 0 radical (unpaired) electrons. The monoisotopic (exact) mass is 366 g/mol. The second kappa shape index (κ2) is 8.71. The van der Waals surface area contributed by atoms with Crippen LogP contribution in [0.1, 0.15) is 29.2 Å². The highest BCUT2D eigenvalue weighted by atomic mass is 19.4. The van der Waals surface area contributed by atoms with E-state index in [1.54, 1.807) is 6.07 Å². The minimum absolute atomic E-state index is 0.0741. The molecule has 0 unspecified atom stereocenters. The van der Waals surface area contributed by atoms with Crippen molar-refractivity contribution in [2.24, 2.45) is 10.7 Å². The lowest BCUT2D eigenvalue weighted by molar-refractivity contribution is -0.137. The van der Waals surface area contributed by atoms with Gasteiger partial charge in [-0.3, -0.25) is 4.99 Å². The third-order valence-electron chi connectivity index (χ3n) is 3.77. The Bertz CT molecular complexity index is 756. The minimum Gasteiger partial charge on any atom is -0.467 e. The van der Waals surface area contributed by atoms with Crippen molar-refractivity contribution in [3.8, 4) is 5.75 Å². The van der Waals surface area contributed by atoms with Gasteiger partial charge in [-0.2, -0.15) is 13.2 Å². The summed E-state index contributed by atoms with van der Waals surface area (Å²) in [6.07, 6.45) is -3.53. The molecule has 7 heteroatoms. The zero-order valence-electron chi connectivity index (χ0n) is 14.6. The lowest BCUT2D eigenvalue weighted by atomic mass is 10.1. The number of aliphatic imine (C=N–C) groups is 1. The summed E-state index contributed by atoms with van der Waals surface area (Å²) in [6, 6.07) is 10.5. The van der Waals surface area contributed by atoms with E-state index in [0.717, 1.165) is 24.1 Å². The zero-order chi connectivity index (χ0) is 19.2. The smallest absolute Gasteiger partial charge is 0.416 e. The highest BCUT2D eigenvalue weighted by Crippen LogP contribution is 2.29. The van der Waals surface area contributed by atoms with E-state index in [1.165, 1.54) is 19.2 Å². The van der Waals surface area contributed by atoms with Crippen LogP contribution in [0.5, 0.6) is 5.75 Å². The number of aryl methyl sites for hydroxylation is 1. The molecule has 0 saturated heterocycles. The molecule has 26 heavy (non-hydrogen) atoms. The summed E-state index contributed by atoms with van der Waals surface area (Å²) in [5.74, 6) is 0.795. The molecule has 2 aromatic carbocycles. The Morgan fingerprint density at radius 1 is 1.08 bits per heavy atom. The van der Waals surface area contributed by atoms with Gasteiger partial charge in [0.25, 0.3) is 0 Å². The number of hydrogen-bond donors (Lipinski definition) is 1. The molecular weight excluding hydrogens is 345 g/mol. The van der Waals surface area contributed by atoms with Gasteiger partial charge in [0.2, 0.25) is 0 Å². The highest BCUT2D eigenvalue weighted by Gasteiger charge is 2.29. The maximum Gasteiger partial charge on any atom is 0.416 e. The molecule has 0 atom stereocenters. The van der Waals surface area contributed by atoms with Crippen LogP contribution in [0.15, 0.2) is 47.5 Å².